The van der Waals surface area contributed by atoms with Gasteiger partial charge in [0.15, 0.2) is 0 Å². The van der Waals surface area contributed by atoms with E-state index in [-0.39, 0.29) is 9.78 Å². The highest BCUT2D eigenvalue weighted by Gasteiger charge is 2.28. The molecule has 1 N–H and O–H groups in total. The number of rotatable bonds is 5. The zero-order valence-corrected chi connectivity index (χ0v) is 16.0. The van der Waals surface area contributed by atoms with Crippen LogP contribution in [0.1, 0.15) is 10.4 Å². The van der Waals surface area contributed by atoms with E-state index in [2.05, 4.69) is 0 Å². The van der Waals surface area contributed by atoms with Crippen LogP contribution in [-0.4, -0.2) is 50.1 Å². The van der Waals surface area contributed by atoms with Crippen LogP contribution in [0.3, 0.4) is 0 Å². The lowest BCUT2D eigenvalue weighted by Gasteiger charge is -2.25. The van der Waals surface area contributed by atoms with Crippen LogP contribution < -0.4 is 0 Å². The number of carboxylic acids is 1. The van der Waals surface area contributed by atoms with E-state index in [9.17, 15) is 18.3 Å². The van der Waals surface area contributed by atoms with Crippen molar-refractivity contribution in [1.29, 1.82) is 0 Å². The average molecular weight is 414 g/mol. The summed E-state index contributed by atoms with van der Waals surface area (Å²) in [6.07, 6.45) is 1.48. The van der Waals surface area contributed by atoms with Crippen molar-refractivity contribution in [2.24, 2.45) is 0 Å². The van der Waals surface area contributed by atoms with Crippen molar-refractivity contribution < 1.29 is 23.1 Å². The Balaban J connectivity index is 1.94. The summed E-state index contributed by atoms with van der Waals surface area (Å²) in [5.41, 5.74) is 0.640. The third kappa shape index (κ3) is 4.16. The molecule has 26 heavy (non-hydrogen) atoms. The van der Waals surface area contributed by atoms with Crippen LogP contribution >= 0.6 is 22.9 Å². The molecule has 0 spiro atoms. The van der Waals surface area contributed by atoms with Crippen molar-refractivity contribution >= 4 is 50.6 Å². The molecule has 0 bridgehead atoms. The summed E-state index contributed by atoms with van der Waals surface area (Å²) in [5.74, 6) is -1.14. The van der Waals surface area contributed by atoms with Crippen LogP contribution in [-0.2, 0) is 19.6 Å². The van der Waals surface area contributed by atoms with Gasteiger partial charge in [-0.2, -0.15) is 4.31 Å². The Kier molecular flexibility index (Phi) is 5.79. The number of ether oxygens (including phenoxy) is 1. The van der Waals surface area contributed by atoms with Crippen molar-refractivity contribution in [2.75, 3.05) is 26.3 Å². The van der Waals surface area contributed by atoms with Crippen LogP contribution in [0.5, 0.6) is 0 Å². The smallest absolute Gasteiger partial charge is 0.337 e. The number of thiophene rings is 1. The van der Waals surface area contributed by atoms with Crippen molar-refractivity contribution in [2.45, 2.75) is 4.21 Å². The topological polar surface area (TPSA) is 83.9 Å². The molecule has 1 aliphatic heterocycles. The van der Waals surface area contributed by atoms with Crippen molar-refractivity contribution in [3.8, 4) is 0 Å². The molecule has 3 rings (SSSR count). The van der Waals surface area contributed by atoms with Gasteiger partial charge in [0, 0.05) is 23.0 Å². The molecule has 0 amide bonds. The fourth-order valence-electron chi connectivity index (χ4n) is 2.52. The Morgan fingerprint density at radius 2 is 1.96 bits per heavy atom. The monoisotopic (exact) mass is 413 g/mol. The molecule has 2 heterocycles. The van der Waals surface area contributed by atoms with E-state index in [0.29, 0.717) is 41.8 Å². The number of benzene rings is 1. The van der Waals surface area contributed by atoms with E-state index < -0.39 is 16.0 Å². The Labute approximate surface area is 160 Å². The van der Waals surface area contributed by atoms with Gasteiger partial charge in [0.25, 0.3) is 10.0 Å². The molecular weight excluding hydrogens is 398 g/mol. The molecule has 6 nitrogen and oxygen atoms in total. The molecule has 0 saturated carbocycles. The summed E-state index contributed by atoms with van der Waals surface area (Å²) in [7, 11) is -3.65. The van der Waals surface area contributed by atoms with E-state index in [0.717, 1.165) is 11.3 Å². The number of hydrogen-bond acceptors (Lipinski definition) is 5. The molecule has 1 aromatic carbocycles. The zero-order chi connectivity index (χ0) is 18.7. The van der Waals surface area contributed by atoms with E-state index >= 15 is 0 Å². The highest BCUT2D eigenvalue weighted by atomic mass is 35.5. The molecule has 1 aromatic heterocycles. The fourth-order valence-corrected chi connectivity index (χ4v) is 5.59. The van der Waals surface area contributed by atoms with E-state index in [4.69, 9.17) is 16.3 Å². The first kappa shape index (κ1) is 19.1. The first-order valence-corrected chi connectivity index (χ1v) is 10.4. The van der Waals surface area contributed by atoms with Crippen molar-refractivity contribution in [3.63, 3.8) is 0 Å². The largest absolute Gasteiger partial charge is 0.478 e. The molecule has 0 aliphatic carbocycles. The second-order valence-electron chi connectivity index (χ2n) is 5.55. The Morgan fingerprint density at radius 1 is 1.23 bits per heavy atom. The molecule has 1 saturated heterocycles. The average Bonchev–Trinajstić information content (AvgIpc) is 3.11. The molecule has 0 radical (unpaired) electrons. The van der Waals surface area contributed by atoms with Gasteiger partial charge in [-0.15, -0.1) is 11.3 Å². The summed E-state index contributed by atoms with van der Waals surface area (Å²) >= 11 is 6.88. The van der Waals surface area contributed by atoms with Gasteiger partial charge in [-0.1, -0.05) is 23.7 Å². The third-order valence-corrected chi connectivity index (χ3v) is 7.52. The summed E-state index contributed by atoms with van der Waals surface area (Å²) in [5, 5.41) is 10.0. The van der Waals surface area contributed by atoms with E-state index in [1.165, 1.54) is 22.5 Å². The van der Waals surface area contributed by atoms with Gasteiger partial charge in [0.1, 0.15) is 4.21 Å². The lowest BCUT2D eigenvalue weighted by molar-refractivity contribution is -0.130. The number of hydrogen-bond donors (Lipinski definition) is 1. The second kappa shape index (κ2) is 7.89. The van der Waals surface area contributed by atoms with Crippen LogP contribution in [0.4, 0.5) is 0 Å². The van der Waals surface area contributed by atoms with Gasteiger partial charge in [0.05, 0.1) is 18.8 Å². The number of sulfonamides is 1. The number of carboxylic acid groups (broad SMARTS) is 1. The van der Waals surface area contributed by atoms with Gasteiger partial charge in [-0.3, -0.25) is 0 Å². The van der Waals surface area contributed by atoms with Crippen molar-refractivity contribution in [1.82, 2.24) is 4.31 Å². The molecular formula is C17H16ClNO5S2. The van der Waals surface area contributed by atoms with Crippen LogP contribution in [0.2, 0.25) is 5.02 Å². The van der Waals surface area contributed by atoms with Gasteiger partial charge in [0.2, 0.25) is 0 Å². The molecule has 1 fully saturated rings. The quantitative estimate of drug-likeness (QED) is 0.761. The summed E-state index contributed by atoms with van der Waals surface area (Å²) in [6.45, 7) is 1.29. The number of halogens is 1. The van der Waals surface area contributed by atoms with Crippen LogP contribution in [0.15, 0.2) is 40.6 Å². The molecule has 1 aliphatic rings. The lowest BCUT2D eigenvalue weighted by atomic mass is 10.1. The lowest BCUT2D eigenvalue weighted by Crippen LogP contribution is -2.40. The molecule has 0 atom stereocenters. The second-order valence-corrected chi connectivity index (χ2v) is 9.24. The number of carbonyl (C=O) groups is 1. The SMILES string of the molecule is O=C(O)C(=Cc1cccc(Cl)c1)c1ccc(S(=O)(=O)N2CCOCC2)s1. The Hall–Kier alpha value is -1.71. The summed E-state index contributed by atoms with van der Waals surface area (Å²) < 4.78 is 32.0. The normalized spacial score (nSPS) is 16.6. The molecule has 138 valence electrons. The third-order valence-electron chi connectivity index (χ3n) is 3.80. The maximum Gasteiger partial charge on any atom is 0.337 e. The van der Waals surface area contributed by atoms with Crippen LogP contribution in [0, 0.1) is 0 Å². The standard InChI is InChI=1S/C17H16ClNO5S2/c18-13-3-1-2-12(10-13)11-14(17(20)21)15-4-5-16(25-15)26(22,23)19-6-8-24-9-7-19/h1-5,10-11H,6-9H2,(H,20,21). The predicted molar refractivity (Wildman–Crippen MR) is 101 cm³/mol. The minimum absolute atomic E-state index is 0.0145. The maximum atomic E-state index is 12.7. The summed E-state index contributed by atoms with van der Waals surface area (Å²) in [4.78, 5) is 12.0. The van der Waals surface area contributed by atoms with Gasteiger partial charge in [-0.05, 0) is 35.9 Å². The number of nitrogens with zero attached hydrogens (tertiary/aromatic N) is 1. The van der Waals surface area contributed by atoms with Gasteiger partial charge in [-0.25, -0.2) is 13.2 Å². The maximum absolute atomic E-state index is 12.7. The minimum atomic E-state index is -3.65. The van der Waals surface area contributed by atoms with Gasteiger partial charge < -0.3 is 9.84 Å². The molecule has 0 unspecified atom stereocenters. The minimum Gasteiger partial charge on any atom is -0.478 e. The predicted octanol–water partition coefficient (Wildman–Crippen LogP) is 3.05. The Morgan fingerprint density at radius 3 is 2.62 bits per heavy atom. The summed E-state index contributed by atoms with van der Waals surface area (Å²) in [6, 6.07) is 9.74. The van der Waals surface area contributed by atoms with Gasteiger partial charge >= 0.3 is 5.97 Å². The zero-order valence-electron chi connectivity index (χ0n) is 13.6. The number of aliphatic carboxylic acids is 1. The fraction of sp³-hybridized carbons (Fsp3) is 0.235. The van der Waals surface area contributed by atoms with E-state index in [1.807, 2.05) is 0 Å². The number of morpholine rings is 1. The van der Waals surface area contributed by atoms with E-state index in [1.54, 1.807) is 24.3 Å². The van der Waals surface area contributed by atoms with Crippen LogP contribution in [0.25, 0.3) is 11.6 Å². The molecule has 9 heteroatoms. The highest BCUT2D eigenvalue weighted by molar-refractivity contribution is 7.91. The Bertz CT molecular complexity index is 946. The molecule has 2 aromatic rings. The first-order chi connectivity index (χ1) is 12.4. The first-order valence-electron chi connectivity index (χ1n) is 7.76. The highest BCUT2D eigenvalue weighted by Crippen LogP contribution is 2.31. The van der Waals surface area contributed by atoms with Crippen molar-refractivity contribution in [3.05, 3.63) is 51.9 Å².